The molecule has 134 valence electrons. The number of halogens is 14. The molecular formula is C8H4ClF12I. The minimum absolute atomic E-state index is 0.940. The third-order valence-electron chi connectivity index (χ3n) is 2.41. The normalized spacial score (nSPS) is 16.1. The molecule has 0 bridgehead atoms. The van der Waals surface area contributed by atoms with Gasteiger partial charge in [-0.05, 0) is 11.6 Å². The summed E-state index contributed by atoms with van der Waals surface area (Å²) in [5.74, 6) is -35.2. The molecule has 0 spiro atoms. The molecule has 0 fully saturated rings. The summed E-state index contributed by atoms with van der Waals surface area (Å²) in [5, 5.41) is -6.39. The summed E-state index contributed by atoms with van der Waals surface area (Å²) >= 11 is 4.51. The average Bonchev–Trinajstić information content (AvgIpc) is 2.26. The van der Waals surface area contributed by atoms with E-state index in [1.807, 2.05) is 0 Å². The van der Waals surface area contributed by atoms with Crippen LogP contribution in [0.3, 0.4) is 0 Å². The molecule has 0 N–H and O–H groups in total. The Hall–Kier alpha value is 0.180. The predicted octanol–water partition coefficient (Wildman–Crippen LogP) is 5.82. The van der Waals surface area contributed by atoms with Crippen molar-refractivity contribution in [3.05, 3.63) is 0 Å². The van der Waals surface area contributed by atoms with Crippen molar-refractivity contribution < 1.29 is 52.7 Å². The van der Waals surface area contributed by atoms with Crippen LogP contribution in [0, 0.1) is 0 Å². The van der Waals surface area contributed by atoms with E-state index in [0.717, 1.165) is 22.6 Å². The van der Waals surface area contributed by atoms with E-state index >= 15 is 0 Å². The Labute approximate surface area is 133 Å². The van der Waals surface area contributed by atoms with Gasteiger partial charge in [-0.2, -0.15) is 52.7 Å². The number of hydrogen-bond acceptors (Lipinski definition) is 0. The fraction of sp³-hybridized carbons (Fsp3) is 1.00. The Balaban J connectivity index is 6.11. The predicted molar refractivity (Wildman–Crippen MR) is 59.0 cm³/mol. The van der Waals surface area contributed by atoms with Crippen molar-refractivity contribution in [2.75, 3.05) is 4.43 Å². The van der Waals surface area contributed by atoms with Crippen LogP contribution in [0.4, 0.5) is 52.7 Å². The summed E-state index contributed by atoms with van der Waals surface area (Å²) in [5.41, 5.74) is 0. The van der Waals surface area contributed by atoms with Gasteiger partial charge in [0.05, 0.1) is 0 Å². The van der Waals surface area contributed by atoms with E-state index in [-0.39, 0.29) is 0 Å². The van der Waals surface area contributed by atoms with E-state index in [0.29, 0.717) is 0 Å². The van der Waals surface area contributed by atoms with E-state index in [2.05, 4.69) is 11.6 Å². The van der Waals surface area contributed by atoms with Crippen LogP contribution < -0.4 is 0 Å². The third kappa shape index (κ3) is 3.07. The first-order valence-electron chi connectivity index (χ1n) is 4.83. The maximum atomic E-state index is 13.0. The van der Waals surface area contributed by atoms with Gasteiger partial charge in [-0.25, -0.2) is 0 Å². The van der Waals surface area contributed by atoms with Gasteiger partial charge in [0, 0.05) is 10.8 Å². The fourth-order valence-electron chi connectivity index (χ4n) is 1.08. The molecule has 0 saturated carbocycles. The lowest BCUT2D eigenvalue weighted by Gasteiger charge is -2.40. The summed E-state index contributed by atoms with van der Waals surface area (Å²) in [7, 11) is 0. The quantitative estimate of drug-likeness (QED) is 0.240. The van der Waals surface area contributed by atoms with Gasteiger partial charge in [0.25, 0.3) is 0 Å². The van der Waals surface area contributed by atoms with E-state index < -0.39 is 45.8 Å². The summed E-state index contributed by atoms with van der Waals surface area (Å²) in [4.78, 5) is 0. The second kappa shape index (κ2) is 5.92. The zero-order chi connectivity index (χ0) is 18.4. The highest BCUT2D eigenvalue weighted by atomic mass is 127. The topological polar surface area (TPSA) is 0 Å². The summed E-state index contributed by atoms with van der Waals surface area (Å²) in [6, 6.07) is 0. The summed E-state index contributed by atoms with van der Waals surface area (Å²) in [6.07, 6.45) is -2.09. The molecule has 0 rings (SSSR count). The lowest BCUT2D eigenvalue weighted by atomic mass is 9.93. The highest BCUT2D eigenvalue weighted by Crippen LogP contribution is 2.61. The van der Waals surface area contributed by atoms with E-state index in [1.54, 1.807) is 0 Å². The Kier molecular flexibility index (Phi) is 5.97. The van der Waals surface area contributed by atoms with Gasteiger partial charge in [-0.3, -0.25) is 0 Å². The van der Waals surface area contributed by atoms with Crippen molar-refractivity contribution in [1.29, 1.82) is 0 Å². The molecule has 0 nitrogen and oxygen atoms in total. The summed E-state index contributed by atoms with van der Waals surface area (Å²) < 4.78 is 152. The highest BCUT2D eigenvalue weighted by Gasteiger charge is 2.89. The van der Waals surface area contributed by atoms with Crippen molar-refractivity contribution in [3.8, 4) is 0 Å². The lowest BCUT2D eigenvalue weighted by Crippen LogP contribution is -2.69. The number of rotatable bonds is 7. The SMILES string of the molecule is FC(F)(Cl)C(F)(F)C(F)(F)C(F)(F)C(F)(F)C(F)(F)CCI. The molecule has 0 aliphatic heterocycles. The molecule has 0 aliphatic rings. The number of alkyl halides is 14. The lowest BCUT2D eigenvalue weighted by molar-refractivity contribution is -0.416. The van der Waals surface area contributed by atoms with Crippen molar-refractivity contribution in [2.45, 2.75) is 41.4 Å². The third-order valence-corrected chi connectivity index (χ3v) is 3.18. The van der Waals surface area contributed by atoms with Gasteiger partial charge in [-0.15, -0.1) is 0 Å². The van der Waals surface area contributed by atoms with Crippen molar-refractivity contribution in [3.63, 3.8) is 0 Å². The zero-order valence-electron chi connectivity index (χ0n) is 9.71. The Bertz CT molecular complexity index is 400. The molecule has 0 heterocycles. The maximum absolute atomic E-state index is 13.0. The standard InChI is InChI=1S/C8H4ClF12I/c9-8(20,21)7(18,19)6(16,17)5(14,15)4(12,13)3(10,11)1-2-22/h1-2H2. The van der Waals surface area contributed by atoms with E-state index in [9.17, 15) is 52.7 Å². The molecular weight excluding hydrogens is 486 g/mol. The molecule has 0 radical (unpaired) electrons. The van der Waals surface area contributed by atoms with Gasteiger partial charge in [-0.1, -0.05) is 22.6 Å². The van der Waals surface area contributed by atoms with Crippen LogP contribution in [-0.2, 0) is 0 Å². The van der Waals surface area contributed by atoms with E-state index in [1.165, 1.54) is 0 Å². The van der Waals surface area contributed by atoms with Gasteiger partial charge >= 0.3 is 35.0 Å². The van der Waals surface area contributed by atoms with Crippen molar-refractivity contribution >= 4 is 34.2 Å². The molecule has 0 aromatic heterocycles. The molecule has 0 aromatic rings. The van der Waals surface area contributed by atoms with Gasteiger partial charge in [0.1, 0.15) is 0 Å². The molecule has 0 unspecified atom stereocenters. The van der Waals surface area contributed by atoms with Crippen LogP contribution in [0.2, 0.25) is 0 Å². The Morgan fingerprint density at radius 3 is 1.18 bits per heavy atom. The minimum atomic E-state index is -7.57. The van der Waals surface area contributed by atoms with Gasteiger partial charge in [0.15, 0.2) is 0 Å². The largest absolute Gasteiger partial charge is 0.393 e. The molecule has 22 heavy (non-hydrogen) atoms. The van der Waals surface area contributed by atoms with Crippen molar-refractivity contribution in [2.24, 2.45) is 0 Å². The van der Waals surface area contributed by atoms with Crippen molar-refractivity contribution in [1.82, 2.24) is 0 Å². The van der Waals surface area contributed by atoms with Crippen LogP contribution in [0.15, 0.2) is 0 Å². The van der Waals surface area contributed by atoms with Crippen LogP contribution in [0.5, 0.6) is 0 Å². The average molecular weight is 490 g/mol. The van der Waals surface area contributed by atoms with Crippen LogP contribution in [0.1, 0.15) is 6.42 Å². The second-order valence-electron chi connectivity index (χ2n) is 3.94. The van der Waals surface area contributed by atoms with Crippen LogP contribution in [-0.4, -0.2) is 39.4 Å². The first-order chi connectivity index (χ1) is 9.31. The Morgan fingerprint density at radius 2 is 0.909 bits per heavy atom. The van der Waals surface area contributed by atoms with Gasteiger partial charge < -0.3 is 0 Å². The maximum Gasteiger partial charge on any atom is 0.393 e. The first-order valence-corrected chi connectivity index (χ1v) is 6.73. The first kappa shape index (κ1) is 22.2. The molecule has 0 aliphatic carbocycles. The van der Waals surface area contributed by atoms with Crippen LogP contribution in [0.25, 0.3) is 0 Å². The van der Waals surface area contributed by atoms with Crippen LogP contribution >= 0.6 is 34.2 Å². The van der Waals surface area contributed by atoms with E-state index in [4.69, 9.17) is 0 Å². The minimum Gasteiger partial charge on any atom is -0.200 e. The zero-order valence-corrected chi connectivity index (χ0v) is 12.6. The second-order valence-corrected chi connectivity index (χ2v) is 5.49. The molecule has 14 heteroatoms. The monoisotopic (exact) mass is 490 g/mol. The smallest absolute Gasteiger partial charge is 0.200 e. The molecule has 0 saturated heterocycles. The summed E-state index contributed by atoms with van der Waals surface area (Å²) in [6.45, 7) is 0. The molecule has 0 amide bonds. The fourth-order valence-corrected chi connectivity index (χ4v) is 1.87. The molecule has 0 aromatic carbocycles. The highest BCUT2D eigenvalue weighted by molar-refractivity contribution is 14.1. The molecule has 0 atom stereocenters. The van der Waals surface area contributed by atoms with Gasteiger partial charge in [0.2, 0.25) is 0 Å². The number of hydrogen-bond donors (Lipinski definition) is 0. The Morgan fingerprint density at radius 1 is 0.591 bits per heavy atom.